The molecule has 4 rings (SSSR count). The first-order chi connectivity index (χ1) is 12.2. The number of rotatable bonds is 4. The lowest BCUT2D eigenvalue weighted by Gasteiger charge is -2.34. The highest BCUT2D eigenvalue weighted by molar-refractivity contribution is 5.83. The zero-order valence-electron chi connectivity index (χ0n) is 14.1. The number of halogens is 1. The van der Waals surface area contributed by atoms with E-state index in [1.54, 1.807) is 12.1 Å². The molecule has 130 valence electrons. The fourth-order valence-electron chi connectivity index (χ4n) is 3.63. The molecule has 5 heteroatoms. The lowest BCUT2D eigenvalue weighted by Crippen LogP contribution is -2.48. The standard InChI is InChI=1S/C20H22FN3O/c21-16-6-4-15(5-7-16)18-13-19(18)20(25)24-11-9-23(10-12-24)14-17-3-1-2-8-22-17/h1-8,18-19H,9-14H2/t18-,19-/m1/s1. The minimum absolute atomic E-state index is 0.0767. The Balaban J connectivity index is 1.28. The van der Waals surface area contributed by atoms with Gasteiger partial charge in [-0.3, -0.25) is 14.7 Å². The Morgan fingerprint density at radius 2 is 1.84 bits per heavy atom. The van der Waals surface area contributed by atoms with E-state index in [1.165, 1.54) is 12.1 Å². The number of piperazine rings is 1. The molecule has 1 saturated carbocycles. The van der Waals surface area contributed by atoms with Gasteiger partial charge in [0.1, 0.15) is 5.82 Å². The second-order valence-electron chi connectivity index (χ2n) is 6.92. The number of amides is 1. The van der Waals surface area contributed by atoms with Gasteiger partial charge in [0, 0.05) is 44.8 Å². The van der Waals surface area contributed by atoms with Crippen LogP contribution < -0.4 is 0 Å². The molecule has 1 aliphatic carbocycles. The summed E-state index contributed by atoms with van der Waals surface area (Å²) in [5.41, 5.74) is 2.15. The summed E-state index contributed by atoms with van der Waals surface area (Å²) in [6, 6.07) is 12.5. The summed E-state index contributed by atoms with van der Waals surface area (Å²) >= 11 is 0. The van der Waals surface area contributed by atoms with E-state index in [4.69, 9.17) is 0 Å². The van der Waals surface area contributed by atoms with Crippen LogP contribution in [0.5, 0.6) is 0 Å². The number of hydrogen-bond donors (Lipinski definition) is 0. The van der Waals surface area contributed by atoms with Gasteiger partial charge < -0.3 is 4.90 Å². The van der Waals surface area contributed by atoms with Crippen molar-refractivity contribution in [1.82, 2.24) is 14.8 Å². The number of nitrogens with zero attached hydrogens (tertiary/aromatic N) is 3. The molecule has 0 spiro atoms. The van der Waals surface area contributed by atoms with E-state index in [-0.39, 0.29) is 23.6 Å². The lowest BCUT2D eigenvalue weighted by molar-refractivity contribution is -0.134. The minimum atomic E-state index is -0.226. The first-order valence-corrected chi connectivity index (χ1v) is 8.87. The van der Waals surface area contributed by atoms with Crippen LogP contribution in [0.1, 0.15) is 23.6 Å². The summed E-state index contributed by atoms with van der Waals surface area (Å²) in [5, 5.41) is 0. The van der Waals surface area contributed by atoms with Crippen LogP contribution in [0.15, 0.2) is 48.7 Å². The van der Waals surface area contributed by atoms with E-state index >= 15 is 0 Å². The molecule has 25 heavy (non-hydrogen) atoms. The van der Waals surface area contributed by atoms with Crippen molar-refractivity contribution in [2.45, 2.75) is 18.9 Å². The molecule has 1 aliphatic heterocycles. The van der Waals surface area contributed by atoms with Gasteiger partial charge in [-0.25, -0.2) is 4.39 Å². The molecular formula is C20H22FN3O. The van der Waals surface area contributed by atoms with E-state index in [1.807, 2.05) is 29.3 Å². The van der Waals surface area contributed by atoms with E-state index < -0.39 is 0 Å². The maximum absolute atomic E-state index is 13.0. The first kappa shape index (κ1) is 16.2. The molecule has 1 aromatic heterocycles. The number of carbonyl (C=O) groups excluding carboxylic acids is 1. The number of hydrogen-bond acceptors (Lipinski definition) is 3. The molecule has 0 bridgehead atoms. The van der Waals surface area contributed by atoms with E-state index in [0.717, 1.165) is 50.4 Å². The summed E-state index contributed by atoms with van der Waals surface area (Å²) in [7, 11) is 0. The van der Waals surface area contributed by atoms with Crippen molar-refractivity contribution in [3.8, 4) is 0 Å². The molecule has 1 saturated heterocycles. The Kier molecular flexibility index (Phi) is 4.49. The highest BCUT2D eigenvalue weighted by Gasteiger charge is 2.46. The lowest BCUT2D eigenvalue weighted by atomic mass is 10.1. The normalized spacial score (nSPS) is 23.5. The van der Waals surface area contributed by atoms with Crippen molar-refractivity contribution in [1.29, 1.82) is 0 Å². The van der Waals surface area contributed by atoms with Gasteiger partial charge in [0.25, 0.3) is 0 Å². The number of aromatic nitrogens is 1. The smallest absolute Gasteiger partial charge is 0.226 e. The van der Waals surface area contributed by atoms with Crippen molar-refractivity contribution in [2.24, 2.45) is 5.92 Å². The average Bonchev–Trinajstić information content (AvgIpc) is 3.44. The highest BCUT2D eigenvalue weighted by atomic mass is 19.1. The molecule has 2 aromatic rings. The zero-order chi connectivity index (χ0) is 17.2. The van der Waals surface area contributed by atoms with Gasteiger partial charge in [-0.15, -0.1) is 0 Å². The highest BCUT2D eigenvalue weighted by Crippen LogP contribution is 2.48. The summed E-state index contributed by atoms with van der Waals surface area (Å²) in [5.74, 6) is 0.371. The summed E-state index contributed by atoms with van der Waals surface area (Å²) in [6.07, 6.45) is 2.70. The van der Waals surface area contributed by atoms with Gasteiger partial charge in [0.2, 0.25) is 5.91 Å². The van der Waals surface area contributed by atoms with Gasteiger partial charge in [-0.1, -0.05) is 18.2 Å². The van der Waals surface area contributed by atoms with Crippen LogP contribution in [0.4, 0.5) is 4.39 Å². The Bertz CT molecular complexity index is 726. The maximum Gasteiger partial charge on any atom is 0.226 e. The van der Waals surface area contributed by atoms with Crippen molar-refractivity contribution in [3.05, 3.63) is 65.7 Å². The van der Waals surface area contributed by atoms with E-state index in [9.17, 15) is 9.18 Å². The Hall–Kier alpha value is -2.27. The summed E-state index contributed by atoms with van der Waals surface area (Å²) in [6.45, 7) is 4.16. The molecule has 2 atom stereocenters. The molecule has 0 unspecified atom stereocenters. The van der Waals surface area contributed by atoms with Crippen LogP contribution in [-0.2, 0) is 11.3 Å². The van der Waals surface area contributed by atoms with Gasteiger partial charge in [0.15, 0.2) is 0 Å². The third-order valence-electron chi connectivity index (χ3n) is 5.20. The largest absolute Gasteiger partial charge is 0.340 e. The van der Waals surface area contributed by atoms with Crippen LogP contribution in [0, 0.1) is 11.7 Å². The van der Waals surface area contributed by atoms with Crippen molar-refractivity contribution in [2.75, 3.05) is 26.2 Å². The average molecular weight is 339 g/mol. The molecule has 1 aromatic carbocycles. The molecular weight excluding hydrogens is 317 g/mol. The van der Waals surface area contributed by atoms with Crippen molar-refractivity contribution < 1.29 is 9.18 Å². The molecule has 4 nitrogen and oxygen atoms in total. The number of carbonyl (C=O) groups is 1. The second kappa shape index (κ2) is 6.92. The van der Waals surface area contributed by atoms with Crippen LogP contribution in [0.3, 0.4) is 0 Å². The predicted octanol–water partition coefficient (Wildman–Crippen LogP) is 2.67. The minimum Gasteiger partial charge on any atom is -0.340 e. The third-order valence-corrected chi connectivity index (χ3v) is 5.20. The summed E-state index contributed by atoms with van der Waals surface area (Å²) < 4.78 is 13.0. The third kappa shape index (κ3) is 3.71. The maximum atomic E-state index is 13.0. The van der Waals surface area contributed by atoms with E-state index in [0.29, 0.717) is 0 Å². The quantitative estimate of drug-likeness (QED) is 0.859. The Morgan fingerprint density at radius 3 is 2.52 bits per heavy atom. The zero-order valence-corrected chi connectivity index (χ0v) is 14.1. The van der Waals surface area contributed by atoms with Crippen molar-refractivity contribution >= 4 is 5.91 Å². The predicted molar refractivity (Wildman–Crippen MR) is 93.3 cm³/mol. The molecule has 2 fully saturated rings. The van der Waals surface area contributed by atoms with Crippen LogP contribution in [0.25, 0.3) is 0 Å². The molecule has 1 amide bonds. The Labute approximate surface area is 147 Å². The topological polar surface area (TPSA) is 36.4 Å². The number of benzene rings is 1. The monoisotopic (exact) mass is 339 g/mol. The van der Waals surface area contributed by atoms with Crippen LogP contribution in [0.2, 0.25) is 0 Å². The van der Waals surface area contributed by atoms with Gasteiger partial charge in [0.05, 0.1) is 5.69 Å². The van der Waals surface area contributed by atoms with Gasteiger partial charge >= 0.3 is 0 Å². The SMILES string of the molecule is O=C([C@@H]1C[C@@H]1c1ccc(F)cc1)N1CCN(Cc2ccccn2)CC1. The first-order valence-electron chi connectivity index (χ1n) is 8.87. The van der Waals surface area contributed by atoms with Crippen LogP contribution in [-0.4, -0.2) is 46.9 Å². The fraction of sp³-hybridized carbons (Fsp3) is 0.400. The van der Waals surface area contributed by atoms with Crippen molar-refractivity contribution in [3.63, 3.8) is 0 Å². The molecule has 0 radical (unpaired) electrons. The fourth-order valence-corrected chi connectivity index (χ4v) is 3.63. The molecule has 2 aliphatic rings. The van der Waals surface area contributed by atoms with Gasteiger partial charge in [-0.2, -0.15) is 0 Å². The Morgan fingerprint density at radius 1 is 1.08 bits per heavy atom. The summed E-state index contributed by atoms with van der Waals surface area (Å²) in [4.78, 5) is 21.4. The second-order valence-corrected chi connectivity index (χ2v) is 6.92. The number of pyridine rings is 1. The molecule has 2 heterocycles. The molecule has 0 N–H and O–H groups in total. The van der Waals surface area contributed by atoms with Crippen LogP contribution >= 0.6 is 0 Å². The van der Waals surface area contributed by atoms with Gasteiger partial charge in [-0.05, 0) is 42.2 Å². The van der Waals surface area contributed by atoms with E-state index in [2.05, 4.69) is 9.88 Å².